The third kappa shape index (κ3) is 5.37. The van der Waals surface area contributed by atoms with Gasteiger partial charge in [0.25, 0.3) is 5.91 Å². The molecule has 4 heteroatoms. The van der Waals surface area contributed by atoms with Gasteiger partial charge in [-0.25, -0.2) is 4.98 Å². The fraction of sp³-hybridized carbons (Fsp3) is 0.647. The third-order valence-electron chi connectivity index (χ3n) is 3.55. The summed E-state index contributed by atoms with van der Waals surface area (Å²) in [4.78, 5) is 18.9. The summed E-state index contributed by atoms with van der Waals surface area (Å²) in [6.07, 6.45) is 2.04. The number of aryl methyl sites for hydroxylation is 1. The minimum atomic E-state index is 0.0631. The van der Waals surface area contributed by atoms with E-state index < -0.39 is 0 Å². The fourth-order valence-corrected chi connectivity index (χ4v) is 2.38. The van der Waals surface area contributed by atoms with Crippen molar-refractivity contribution in [1.29, 1.82) is 0 Å². The highest BCUT2D eigenvalue weighted by atomic mass is 16.2. The zero-order chi connectivity index (χ0) is 16.0. The number of amides is 1. The predicted molar refractivity (Wildman–Crippen MR) is 88.8 cm³/mol. The van der Waals surface area contributed by atoms with Crippen molar-refractivity contribution in [3.63, 3.8) is 0 Å². The topological polar surface area (TPSA) is 45.2 Å². The number of hydrogen-bond donors (Lipinski definition) is 1. The summed E-state index contributed by atoms with van der Waals surface area (Å²) in [6, 6.07) is 3.94. The summed E-state index contributed by atoms with van der Waals surface area (Å²) in [5.74, 6) is 1.43. The molecule has 1 unspecified atom stereocenters. The Kier molecular flexibility index (Phi) is 6.66. The second-order valence-electron chi connectivity index (χ2n) is 6.20. The van der Waals surface area contributed by atoms with Crippen LogP contribution in [-0.4, -0.2) is 35.4 Å². The van der Waals surface area contributed by atoms with Gasteiger partial charge in [-0.1, -0.05) is 20.8 Å². The van der Waals surface area contributed by atoms with Crippen LogP contribution < -0.4 is 5.32 Å². The minimum Gasteiger partial charge on any atom is -0.370 e. The van der Waals surface area contributed by atoms with Gasteiger partial charge in [-0.3, -0.25) is 4.79 Å². The van der Waals surface area contributed by atoms with Gasteiger partial charge in [0.2, 0.25) is 0 Å². The smallest absolute Gasteiger partial charge is 0.254 e. The quantitative estimate of drug-likeness (QED) is 0.832. The first kappa shape index (κ1) is 17.5. The lowest BCUT2D eigenvalue weighted by molar-refractivity contribution is 0.0728. The molecular weight excluding hydrogens is 262 g/mol. The van der Waals surface area contributed by atoms with Crippen LogP contribution in [-0.2, 0) is 0 Å². The number of nitrogens with zero attached hydrogens (tertiary/aromatic N) is 2. The van der Waals surface area contributed by atoms with E-state index in [4.69, 9.17) is 0 Å². The zero-order valence-electron chi connectivity index (χ0n) is 14.2. The Morgan fingerprint density at radius 3 is 2.57 bits per heavy atom. The van der Waals surface area contributed by atoms with Crippen LogP contribution in [0.15, 0.2) is 12.1 Å². The van der Waals surface area contributed by atoms with E-state index in [1.165, 1.54) is 0 Å². The molecule has 0 aromatic carbocycles. The Balaban J connectivity index is 2.88. The van der Waals surface area contributed by atoms with Crippen molar-refractivity contribution in [2.75, 3.05) is 18.9 Å². The van der Waals surface area contributed by atoms with Crippen LogP contribution >= 0.6 is 0 Å². The molecule has 0 saturated heterocycles. The van der Waals surface area contributed by atoms with E-state index in [-0.39, 0.29) is 11.9 Å². The average molecular weight is 291 g/mol. The normalized spacial score (nSPS) is 12.3. The molecule has 1 N–H and O–H groups in total. The lowest BCUT2D eigenvalue weighted by Gasteiger charge is -2.26. The largest absolute Gasteiger partial charge is 0.370 e. The maximum absolute atomic E-state index is 12.6. The molecule has 21 heavy (non-hydrogen) atoms. The number of hydrogen-bond acceptors (Lipinski definition) is 3. The van der Waals surface area contributed by atoms with Gasteiger partial charge < -0.3 is 10.2 Å². The van der Waals surface area contributed by atoms with Crippen LogP contribution in [0, 0.1) is 12.8 Å². The maximum Gasteiger partial charge on any atom is 0.254 e. The van der Waals surface area contributed by atoms with E-state index in [0.29, 0.717) is 11.5 Å². The Morgan fingerprint density at radius 2 is 2.00 bits per heavy atom. The van der Waals surface area contributed by atoms with Crippen molar-refractivity contribution in [1.82, 2.24) is 9.88 Å². The van der Waals surface area contributed by atoms with Crippen LogP contribution in [0.25, 0.3) is 0 Å². The maximum atomic E-state index is 12.6. The number of nitrogens with one attached hydrogen (secondary N) is 1. The van der Waals surface area contributed by atoms with Gasteiger partial charge in [0.1, 0.15) is 5.82 Å². The number of carbonyl (C=O) groups excluding carboxylic acids is 1. The van der Waals surface area contributed by atoms with Crippen molar-refractivity contribution < 1.29 is 4.79 Å². The van der Waals surface area contributed by atoms with Gasteiger partial charge in [0.05, 0.1) is 0 Å². The molecule has 4 nitrogen and oxygen atoms in total. The first-order valence-corrected chi connectivity index (χ1v) is 7.84. The molecular formula is C17H29N3O. The summed E-state index contributed by atoms with van der Waals surface area (Å²) in [5, 5.41) is 3.25. The molecule has 0 bridgehead atoms. The molecule has 0 saturated carbocycles. The third-order valence-corrected chi connectivity index (χ3v) is 3.55. The van der Waals surface area contributed by atoms with Crippen molar-refractivity contribution in [3.05, 3.63) is 23.4 Å². The molecule has 0 aliphatic heterocycles. The molecule has 0 aliphatic carbocycles. The van der Waals surface area contributed by atoms with E-state index in [0.717, 1.165) is 30.9 Å². The molecule has 0 aliphatic rings. The van der Waals surface area contributed by atoms with Crippen LogP contribution in [0.2, 0.25) is 0 Å². The number of rotatable bonds is 7. The van der Waals surface area contributed by atoms with E-state index in [1.807, 2.05) is 31.0 Å². The average Bonchev–Trinajstić information content (AvgIpc) is 2.42. The Labute approximate surface area is 129 Å². The molecule has 1 atom stereocenters. The molecule has 0 fully saturated rings. The summed E-state index contributed by atoms with van der Waals surface area (Å²) < 4.78 is 0. The first-order chi connectivity index (χ1) is 9.85. The highest BCUT2D eigenvalue weighted by Gasteiger charge is 2.19. The van der Waals surface area contributed by atoms with Crippen molar-refractivity contribution in [2.45, 2.75) is 53.5 Å². The Morgan fingerprint density at radius 1 is 1.33 bits per heavy atom. The van der Waals surface area contributed by atoms with Gasteiger partial charge >= 0.3 is 0 Å². The lowest BCUT2D eigenvalue weighted by Crippen LogP contribution is -2.36. The predicted octanol–water partition coefficient (Wildman–Crippen LogP) is 3.72. The summed E-state index contributed by atoms with van der Waals surface area (Å²) in [6.45, 7) is 11.4. The monoisotopic (exact) mass is 291 g/mol. The van der Waals surface area contributed by atoms with Crippen LogP contribution in [0.4, 0.5) is 5.82 Å². The molecule has 1 heterocycles. The molecule has 1 aromatic rings. The van der Waals surface area contributed by atoms with Crippen molar-refractivity contribution >= 4 is 11.7 Å². The highest BCUT2D eigenvalue weighted by Crippen LogP contribution is 2.16. The van der Waals surface area contributed by atoms with Crippen molar-refractivity contribution in [2.24, 2.45) is 5.92 Å². The van der Waals surface area contributed by atoms with Crippen LogP contribution in [0.5, 0.6) is 0 Å². The standard InChI is InChI=1S/C17H29N3O/c1-7-8-18-16-11-15(10-13(4)19-16)17(21)20(6)14(5)9-12(2)3/h10-12,14H,7-9H2,1-6H3,(H,18,19). The van der Waals surface area contributed by atoms with Crippen LogP contribution in [0.1, 0.15) is 56.6 Å². The minimum absolute atomic E-state index is 0.0631. The second kappa shape index (κ2) is 8.01. The number of pyridine rings is 1. The lowest BCUT2D eigenvalue weighted by atomic mass is 10.0. The van der Waals surface area contributed by atoms with E-state index >= 15 is 0 Å². The van der Waals surface area contributed by atoms with E-state index in [2.05, 4.69) is 38.0 Å². The SMILES string of the molecule is CCCNc1cc(C(=O)N(C)C(C)CC(C)C)cc(C)n1. The van der Waals surface area contributed by atoms with Gasteiger partial charge in [-0.05, 0) is 44.7 Å². The highest BCUT2D eigenvalue weighted by molar-refractivity contribution is 5.95. The number of aromatic nitrogens is 1. The van der Waals surface area contributed by atoms with E-state index in [1.54, 1.807) is 0 Å². The summed E-state index contributed by atoms with van der Waals surface area (Å²) in [5.41, 5.74) is 1.57. The zero-order valence-corrected chi connectivity index (χ0v) is 14.2. The second-order valence-corrected chi connectivity index (χ2v) is 6.20. The fourth-order valence-electron chi connectivity index (χ4n) is 2.38. The van der Waals surface area contributed by atoms with Crippen LogP contribution in [0.3, 0.4) is 0 Å². The molecule has 0 radical (unpaired) electrons. The van der Waals surface area contributed by atoms with E-state index in [9.17, 15) is 4.79 Å². The van der Waals surface area contributed by atoms with Gasteiger partial charge in [-0.2, -0.15) is 0 Å². The van der Waals surface area contributed by atoms with Gasteiger partial charge in [0.15, 0.2) is 0 Å². The Bertz CT molecular complexity index is 471. The number of carbonyl (C=O) groups is 1. The first-order valence-electron chi connectivity index (χ1n) is 7.84. The van der Waals surface area contributed by atoms with Crippen molar-refractivity contribution in [3.8, 4) is 0 Å². The Hall–Kier alpha value is -1.58. The summed E-state index contributed by atoms with van der Waals surface area (Å²) in [7, 11) is 1.88. The van der Waals surface area contributed by atoms with Gasteiger partial charge in [-0.15, -0.1) is 0 Å². The summed E-state index contributed by atoms with van der Waals surface area (Å²) >= 11 is 0. The molecule has 118 valence electrons. The molecule has 0 spiro atoms. The molecule has 1 aromatic heterocycles. The molecule has 1 rings (SSSR count). The van der Waals surface area contributed by atoms with Gasteiger partial charge in [0, 0.05) is 30.9 Å². The molecule has 1 amide bonds. The number of anilines is 1.